The number of nitrogens with zero attached hydrogens (tertiary/aromatic N) is 2. The predicted molar refractivity (Wildman–Crippen MR) is 143 cm³/mol. The Morgan fingerprint density at radius 1 is 1.18 bits per heavy atom. The SMILES string of the molecule is COc1cc(C(=O)O)c(F)cc1N(C)S(=O)(=O)c1csc(-c2ccc(C3CCC(C)(C)CC3)cc2C(F)(F)F)n1. The number of benzene rings is 2. The number of aromatic carboxylic acids is 1. The number of thiazole rings is 1. The number of carbonyl (C=O) groups is 1. The van der Waals surface area contributed by atoms with Gasteiger partial charge in [-0.2, -0.15) is 21.6 Å². The second kappa shape index (κ2) is 10.7. The fourth-order valence-corrected chi connectivity index (χ4v) is 7.16. The van der Waals surface area contributed by atoms with E-state index in [1.54, 1.807) is 6.07 Å². The highest BCUT2D eigenvalue weighted by Crippen LogP contribution is 2.45. The number of sulfonamides is 1. The average Bonchev–Trinajstić information content (AvgIpc) is 3.38. The number of hydrogen-bond donors (Lipinski definition) is 1. The van der Waals surface area contributed by atoms with E-state index >= 15 is 0 Å². The van der Waals surface area contributed by atoms with Crippen LogP contribution in [0, 0.1) is 11.2 Å². The van der Waals surface area contributed by atoms with Crippen molar-refractivity contribution in [2.75, 3.05) is 18.5 Å². The molecule has 40 heavy (non-hydrogen) atoms. The standard InChI is InChI=1S/C27H28F4N2O5S2/c1-26(2)9-7-15(8-10-26)16-5-6-17(19(11-16)27(29,30)31)24-32-23(14-39-24)40(36,37)33(3)21-13-20(28)18(25(34)35)12-22(21)38-4/h5-6,11-15H,7-10H2,1-4H3,(H,34,35). The third-order valence-electron chi connectivity index (χ3n) is 7.34. The summed E-state index contributed by atoms with van der Waals surface area (Å²) in [5, 5.41) is 9.55. The molecule has 0 saturated heterocycles. The topological polar surface area (TPSA) is 96.8 Å². The summed E-state index contributed by atoms with van der Waals surface area (Å²) in [5.41, 5.74) is -1.41. The number of anilines is 1. The molecule has 1 saturated carbocycles. The minimum atomic E-state index is -4.70. The van der Waals surface area contributed by atoms with E-state index < -0.39 is 44.1 Å². The number of halogens is 4. The molecule has 1 aromatic heterocycles. The van der Waals surface area contributed by atoms with Crippen LogP contribution in [0.2, 0.25) is 0 Å². The molecule has 1 aliphatic carbocycles. The molecule has 0 aliphatic heterocycles. The van der Waals surface area contributed by atoms with Gasteiger partial charge in [0.2, 0.25) is 0 Å². The Kier molecular flexibility index (Phi) is 7.94. The summed E-state index contributed by atoms with van der Waals surface area (Å²) in [5.74, 6) is -3.00. The van der Waals surface area contributed by atoms with Crippen molar-refractivity contribution in [1.29, 1.82) is 0 Å². The van der Waals surface area contributed by atoms with Crippen LogP contribution in [0.25, 0.3) is 10.6 Å². The van der Waals surface area contributed by atoms with Crippen LogP contribution in [0.4, 0.5) is 23.2 Å². The van der Waals surface area contributed by atoms with Gasteiger partial charge < -0.3 is 9.84 Å². The lowest BCUT2D eigenvalue weighted by atomic mass is 9.71. The van der Waals surface area contributed by atoms with Crippen LogP contribution in [-0.2, 0) is 16.2 Å². The smallest absolute Gasteiger partial charge is 0.417 e. The Morgan fingerprint density at radius 3 is 2.40 bits per heavy atom. The number of methoxy groups -OCH3 is 1. The first-order valence-electron chi connectivity index (χ1n) is 12.3. The van der Waals surface area contributed by atoms with E-state index in [0.29, 0.717) is 15.9 Å². The normalized spacial score (nSPS) is 16.1. The number of hydrogen-bond acceptors (Lipinski definition) is 6. The molecule has 2 aromatic carbocycles. The van der Waals surface area contributed by atoms with Crippen molar-refractivity contribution in [3.05, 3.63) is 58.2 Å². The van der Waals surface area contributed by atoms with Gasteiger partial charge >= 0.3 is 12.1 Å². The summed E-state index contributed by atoms with van der Waals surface area (Å²) in [6, 6.07) is 5.65. The molecule has 0 spiro atoms. The van der Waals surface area contributed by atoms with E-state index in [9.17, 15) is 30.8 Å². The first-order valence-corrected chi connectivity index (χ1v) is 14.6. The van der Waals surface area contributed by atoms with Gasteiger partial charge in [0.1, 0.15) is 16.6 Å². The van der Waals surface area contributed by atoms with Gasteiger partial charge in [-0.3, -0.25) is 4.31 Å². The van der Waals surface area contributed by atoms with Crippen LogP contribution < -0.4 is 9.04 Å². The number of carboxylic acid groups (broad SMARTS) is 1. The first-order chi connectivity index (χ1) is 18.5. The molecule has 7 nitrogen and oxygen atoms in total. The quantitative estimate of drug-likeness (QED) is 0.289. The molecule has 0 unspecified atom stereocenters. The summed E-state index contributed by atoms with van der Waals surface area (Å²) >= 11 is 0.733. The maximum absolute atomic E-state index is 14.4. The van der Waals surface area contributed by atoms with Crippen molar-refractivity contribution in [3.63, 3.8) is 0 Å². The summed E-state index contributed by atoms with van der Waals surface area (Å²) in [4.78, 5) is 15.3. The lowest BCUT2D eigenvalue weighted by Gasteiger charge is -2.34. The Bertz CT molecular complexity index is 1540. The molecular weight excluding hydrogens is 572 g/mol. The van der Waals surface area contributed by atoms with Gasteiger partial charge in [0.25, 0.3) is 10.0 Å². The van der Waals surface area contributed by atoms with Crippen LogP contribution in [-0.4, -0.2) is 38.6 Å². The van der Waals surface area contributed by atoms with Gasteiger partial charge in [0.05, 0.1) is 23.9 Å². The third-order valence-corrected chi connectivity index (χ3v) is 10.0. The molecule has 4 rings (SSSR count). The lowest BCUT2D eigenvalue weighted by molar-refractivity contribution is -0.137. The molecule has 216 valence electrons. The number of alkyl halides is 3. The van der Waals surface area contributed by atoms with Crippen molar-refractivity contribution in [2.45, 2.75) is 56.7 Å². The fourth-order valence-electron chi connectivity index (χ4n) is 4.86. The van der Waals surface area contributed by atoms with Crippen LogP contribution in [0.1, 0.15) is 66.9 Å². The minimum absolute atomic E-state index is 0.00643. The summed E-state index contributed by atoms with van der Waals surface area (Å²) < 4.78 is 89.2. The summed E-state index contributed by atoms with van der Waals surface area (Å²) in [6.07, 6.45) is -1.30. The van der Waals surface area contributed by atoms with Crippen LogP contribution in [0.15, 0.2) is 40.7 Å². The van der Waals surface area contributed by atoms with E-state index in [1.807, 2.05) is 0 Å². The molecule has 0 atom stereocenters. The van der Waals surface area contributed by atoms with Crippen molar-refractivity contribution in [2.24, 2.45) is 5.41 Å². The van der Waals surface area contributed by atoms with Gasteiger partial charge in [-0.25, -0.2) is 14.2 Å². The van der Waals surface area contributed by atoms with E-state index in [0.717, 1.165) is 68.7 Å². The zero-order valence-corrected chi connectivity index (χ0v) is 23.8. The first kappa shape index (κ1) is 29.8. The molecule has 1 heterocycles. The molecule has 1 aliphatic rings. The van der Waals surface area contributed by atoms with Gasteiger partial charge in [-0.05, 0) is 54.7 Å². The maximum Gasteiger partial charge on any atom is 0.417 e. The van der Waals surface area contributed by atoms with Crippen molar-refractivity contribution < 1.29 is 40.6 Å². The Labute approximate surface area is 233 Å². The minimum Gasteiger partial charge on any atom is -0.495 e. The van der Waals surface area contributed by atoms with E-state index in [2.05, 4.69) is 18.8 Å². The maximum atomic E-state index is 14.4. The van der Waals surface area contributed by atoms with Crippen molar-refractivity contribution in [3.8, 4) is 16.3 Å². The zero-order chi connectivity index (χ0) is 29.6. The number of rotatable bonds is 7. The number of carboxylic acids is 1. The van der Waals surface area contributed by atoms with E-state index in [-0.39, 0.29) is 33.3 Å². The van der Waals surface area contributed by atoms with Crippen LogP contribution in [0.3, 0.4) is 0 Å². The van der Waals surface area contributed by atoms with Crippen molar-refractivity contribution in [1.82, 2.24) is 4.98 Å². The third kappa shape index (κ3) is 5.80. The van der Waals surface area contributed by atoms with Gasteiger partial charge in [0, 0.05) is 24.1 Å². The van der Waals surface area contributed by atoms with Gasteiger partial charge in [-0.1, -0.05) is 26.0 Å². The Morgan fingerprint density at radius 2 is 1.82 bits per heavy atom. The second-order valence-electron chi connectivity index (χ2n) is 10.5. The molecule has 0 radical (unpaired) electrons. The molecule has 1 fully saturated rings. The largest absolute Gasteiger partial charge is 0.495 e. The van der Waals surface area contributed by atoms with Crippen molar-refractivity contribution >= 4 is 33.0 Å². The molecule has 1 N–H and O–H groups in total. The van der Waals surface area contributed by atoms with Gasteiger partial charge in [-0.15, -0.1) is 11.3 Å². The van der Waals surface area contributed by atoms with Crippen LogP contribution >= 0.6 is 11.3 Å². The summed E-state index contributed by atoms with van der Waals surface area (Å²) in [7, 11) is -2.26. The molecule has 13 heteroatoms. The summed E-state index contributed by atoms with van der Waals surface area (Å²) in [6.45, 7) is 4.30. The highest BCUT2D eigenvalue weighted by Gasteiger charge is 2.37. The van der Waals surface area contributed by atoms with E-state index in [4.69, 9.17) is 9.84 Å². The fraction of sp³-hybridized carbons (Fsp3) is 0.407. The lowest BCUT2D eigenvalue weighted by Crippen LogP contribution is -2.27. The van der Waals surface area contributed by atoms with Gasteiger partial charge in [0.15, 0.2) is 5.03 Å². The van der Waals surface area contributed by atoms with E-state index in [1.165, 1.54) is 6.07 Å². The molecular formula is C27H28F4N2O5S2. The highest BCUT2D eigenvalue weighted by molar-refractivity contribution is 7.92. The van der Waals surface area contributed by atoms with Crippen LogP contribution in [0.5, 0.6) is 5.75 Å². The number of aromatic nitrogens is 1. The monoisotopic (exact) mass is 600 g/mol. The molecule has 3 aromatic rings. The second-order valence-corrected chi connectivity index (χ2v) is 13.3. The Balaban J connectivity index is 1.70. The molecule has 0 amide bonds. The molecule has 0 bridgehead atoms. The number of ether oxygens (including phenoxy) is 1. The zero-order valence-electron chi connectivity index (χ0n) is 22.2. The highest BCUT2D eigenvalue weighted by atomic mass is 32.2. The predicted octanol–water partition coefficient (Wildman–Crippen LogP) is 7.18. The Hall–Kier alpha value is -3.19. The average molecular weight is 601 g/mol.